The fourth-order valence-electron chi connectivity index (χ4n) is 4.47. The summed E-state index contributed by atoms with van der Waals surface area (Å²) in [4.78, 5) is 0. The van der Waals surface area contributed by atoms with E-state index in [0.717, 1.165) is 43.4 Å². The summed E-state index contributed by atoms with van der Waals surface area (Å²) in [5, 5.41) is 0.185. The van der Waals surface area contributed by atoms with E-state index in [1.807, 2.05) is 18.2 Å². The van der Waals surface area contributed by atoms with Gasteiger partial charge in [0.05, 0.1) is 26.4 Å². The van der Waals surface area contributed by atoms with E-state index in [1.54, 1.807) is 7.11 Å². The maximum Gasteiger partial charge on any atom is 0.192 e. The van der Waals surface area contributed by atoms with Crippen LogP contribution in [0.15, 0.2) is 84.9 Å². The van der Waals surface area contributed by atoms with Gasteiger partial charge < -0.3 is 18.6 Å². The van der Waals surface area contributed by atoms with E-state index < -0.39 is 8.32 Å². The first-order chi connectivity index (χ1) is 19.2. The number of methoxy groups -OCH3 is 1. The molecule has 0 saturated heterocycles. The summed E-state index contributed by atoms with van der Waals surface area (Å²) < 4.78 is 24.7. The number of rotatable bonds is 17. The molecule has 0 aliphatic heterocycles. The first kappa shape index (κ1) is 32.1. The number of benzene rings is 3. The van der Waals surface area contributed by atoms with Crippen LogP contribution in [-0.4, -0.2) is 34.2 Å². The van der Waals surface area contributed by atoms with Crippen LogP contribution in [0.5, 0.6) is 5.75 Å². The number of ether oxygens (including phenoxy) is 3. The zero-order valence-corrected chi connectivity index (χ0v) is 26.5. The van der Waals surface area contributed by atoms with Gasteiger partial charge in [-0.15, -0.1) is 0 Å². The Morgan fingerprint density at radius 2 is 1.25 bits per heavy atom. The van der Waals surface area contributed by atoms with Gasteiger partial charge in [-0.3, -0.25) is 0 Å². The van der Waals surface area contributed by atoms with Crippen molar-refractivity contribution in [1.82, 2.24) is 0 Å². The van der Waals surface area contributed by atoms with Crippen LogP contribution in [-0.2, 0) is 33.5 Å². The molecule has 0 radical (unpaired) electrons. The molecule has 2 atom stereocenters. The lowest BCUT2D eigenvalue weighted by Gasteiger charge is -2.39. The SMILES string of the molecule is COc1ccc(COCC[C@H](CCC[C@H](Cc2ccccc2)O[Si](C)(C)C(C)(C)C)OCc2ccccc2)cc1. The Labute approximate surface area is 244 Å². The van der Waals surface area contributed by atoms with Crippen LogP contribution >= 0.6 is 0 Å². The molecular weight excluding hydrogens is 512 g/mol. The predicted molar refractivity (Wildman–Crippen MR) is 168 cm³/mol. The molecule has 0 spiro atoms. The fraction of sp³-hybridized carbons (Fsp3) is 0.486. The van der Waals surface area contributed by atoms with E-state index in [1.165, 1.54) is 11.1 Å². The molecule has 0 aliphatic carbocycles. The topological polar surface area (TPSA) is 36.9 Å². The van der Waals surface area contributed by atoms with Gasteiger partial charge in [0, 0.05) is 12.7 Å². The lowest BCUT2D eigenvalue weighted by atomic mass is 10.0. The van der Waals surface area contributed by atoms with Gasteiger partial charge in [-0.2, -0.15) is 0 Å². The van der Waals surface area contributed by atoms with Gasteiger partial charge in [-0.1, -0.05) is 93.6 Å². The molecule has 0 N–H and O–H groups in total. The maximum absolute atomic E-state index is 6.95. The Hall–Kier alpha value is -2.44. The van der Waals surface area contributed by atoms with Crippen LogP contribution in [0.2, 0.25) is 18.1 Å². The lowest BCUT2D eigenvalue weighted by molar-refractivity contribution is 0.00175. The first-order valence-corrected chi connectivity index (χ1v) is 17.6. The van der Waals surface area contributed by atoms with Crippen LogP contribution in [0.3, 0.4) is 0 Å². The van der Waals surface area contributed by atoms with E-state index in [2.05, 4.69) is 101 Å². The Bertz CT molecular complexity index is 1080. The van der Waals surface area contributed by atoms with Crippen LogP contribution in [0.1, 0.15) is 63.1 Å². The van der Waals surface area contributed by atoms with Crippen molar-refractivity contribution in [3.05, 3.63) is 102 Å². The Morgan fingerprint density at radius 1 is 0.675 bits per heavy atom. The van der Waals surface area contributed by atoms with Crippen molar-refractivity contribution in [3.8, 4) is 5.75 Å². The third-order valence-corrected chi connectivity index (χ3v) is 12.5. The molecule has 0 aliphatic rings. The molecule has 0 unspecified atom stereocenters. The second-order valence-corrected chi connectivity index (χ2v) is 17.0. The minimum absolute atomic E-state index is 0.140. The van der Waals surface area contributed by atoms with Gasteiger partial charge in [0.15, 0.2) is 8.32 Å². The Balaban J connectivity index is 1.57. The second kappa shape index (κ2) is 16.1. The average Bonchev–Trinajstić information content (AvgIpc) is 2.94. The van der Waals surface area contributed by atoms with E-state index in [4.69, 9.17) is 18.6 Å². The van der Waals surface area contributed by atoms with Gasteiger partial charge in [0.25, 0.3) is 0 Å². The summed E-state index contributed by atoms with van der Waals surface area (Å²) in [6.45, 7) is 13.6. The van der Waals surface area contributed by atoms with Gasteiger partial charge >= 0.3 is 0 Å². The van der Waals surface area contributed by atoms with Crippen molar-refractivity contribution < 1.29 is 18.6 Å². The van der Waals surface area contributed by atoms with Crippen LogP contribution in [0.4, 0.5) is 0 Å². The predicted octanol–water partition coefficient (Wildman–Crippen LogP) is 8.99. The molecule has 3 rings (SSSR count). The van der Waals surface area contributed by atoms with Crippen LogP contribution < -0.4 is 4.74 Å². The minimum atomic E-state index is -1.88. The van der Waals surface area contributed by atoms with Crippen LogP contribution in [0, 0.1) is 0 Å². The molecule has 0 saturated carbocycles. The van der Waals surface area contributed by atoms with Crippen molar-refractivity contribution in [1.29, 1.82) is 0 Å². The highest BCUT2D eigenvalue weighted by Gasteiger charge is 2.39. The summed E-state index contributed by atoms with van der Waals surface area (Å²) in [5.74, 6) is 0.862. The Morgan fingerprint density at radius 3 is 1.85 bits per heavy atom. The van der Waals surface area contributed by atoms with Crippen molar-refractivity contribution in [3.63, 3.8) is 0 Å². The quantitative estimate of drug-likeness (QED) is 0.121. The number of hydrogen-bond acceptors (Lipinski definition) is 4. The van der Waals surface area contributed by atoms with Crippen molar-refractivity contribution in [2.45, 2.75) is 96.4 Å². The van der Waals surface area contributed by atoms with Gasteiger partial charge in [0.1, 0.15) is 5.75 Å². The molecule has 5 heteroatoms. The third-order valence-electron chi connectivity index (χ3n) is 7.97. The fourth-order valence-corrected chi connectivity index (χ4v) is 5.86. The lowest BCUT2D eigenvalue weighted by Crippen LogP contribution is -2.44. The summed E-state index contributed by atoms with van der Waals surface area (Å²) in [6.07, 6.45) is 5.25. The smallest absolute Gasteiger partial charge is 0.192 e. The molecule has 0 bridgehead atoms. The van der Waals surface area contributed by atoms with Gasteiger partial charge in [-0.05, 0) is 79.1 Å². The van der Waals surface area contributed by atoms with Gasteiger partial charge in [0.2, 0.25) is 0 Å². The second-order valence-electron chi connectivity index (χ2n) is 12.2. The molecule has 0 fully saturated rings. The largest absolute Gasteiger partial charge is 0.497 e. The van der Waals surface area contributed by atoms with E-state index in [9.17, 15) is 0 Å². The zero-order chi connectivity index (χ0) is 28.8. The van der Waals surface area contributed by atoms with Crippen LogP contribution in [0.25, 0.3) is 0 Å². The molecule has 0 heterocycles. The number of hydrogen-bond donors (Lipinski definition) is 0. The monoisotopic (exact) mass is 562 g/mol. The highest BCUT2D eigenvalue weighted by molar-refractivity contribution is 6.74. The van der Waals surface area contributed by atoms with Crippen molar-refractivity contribution in [2.75, 3.05) is 13.7 Å². The summed E-state index contributed by atoms with van der Waals surface area (Å²) >= 11 is 0. The summed E-state index contributed by atoms with van der Waals surface area (Å²) in [6, 6.07) is 29.2. The molecule has 3 aromatic carbocycles. The average molecular weight is 563 g/mol. The minimum Gasteiger partial charge on any atom is -0.497 e. The van der Waals surface area contributed by atoms with Gasteiger partial charge in [-0.25, -0.2) is 0 Å². The molecule has 218 valence electrons. The zero-order valence-electron chi connectivity index (χ0n) is 25.5. The standard InChI is InChI=1S/C35H50O4Si/c1-35(2,3)40(5,6)39-34(26-29-14-9-7-10-15-29)19-13-18-33(38-28-30-16-11-8-12-17-30)24-25-37-27-31-20-22-32(36-4)23-21-31/h7-12,14-17,20-23,33-34H,13,18-19,24-28H2,1-6H3/t33-,34+/m0/s1. The van der Waals surface area contributed by atoms with E-state index in [0.29, 0.717) is 19.8 Å². The Kier molecular flexibility index (Phi) is 12.9. The summed E-state index contributed by atoms with van der Waals surface area (Å²) in [7, 11) is -0.197. The third kappa shape index (κ3) is 11.2. The molecule has 40 heavy (non-hydrogen) atoms. The molecule has 0 aromatic heterocycles. The maximum atomic E-state index is 6.95. The molecule has 0 amide bonds. The van der Waals surface area contributed by atoms with E-state index >= 15 is 0 Å². The molecule has 4 nitrogen and oxygen atoms in total. The molecular formula is C35H50O4Si. The first-order valence-electron chi connectivity index (χ1n) is 14.7. The highest BCUT2D eigenvalue weighted by atomic mass is 28.4. The highest BCUT2D eigenvalue weighted by Crippen LogP contribution is 2.38. The van der Waals surface area contributed by atoms with E-state index in [-0.39, 0.29) is 17.2 Å². The van der Waals surface area contributed by atoms with Crippen molar-refractivity contribution >= 4 is 8.32 Å². The van der Waals surface area contributed by atoms with Crippen molar-refractivity contribution in [2.24, 2.45) is 0 Å². The normalized spacial score (nSPS) is 13.7. The molecule has 3 aromatic rings. The summed E-state index contributed by atoms with van der Waals surface area (Å²) in [5.41, 5.74) is 3.69.